The molecule has 0 spiro atoms. The first-order chi connectivity index (χ1) is 22.2. The predicted octanol–water partition coefficient (Wildman–Crippen LogP) is 6.01. The molecule has 0 aromatic heterocycles. The molecule has 10 heteroatoms. The summed E-state index contributed by atoms with van der Waals surface area (Å²) in [6, 6.07) is 29.2. The highest BCUT2D eigenvalue weighted by Gasteiger charge is 2.40. The Balaban J connectivity index is 1.30. The second-order valence-corrected chi connectivity index (χ2v) is 11.6. The Labute approximate surface area is 270 Å². The summed E-state index contributed by atoms with van der Waals surface area (Å²) in [6.45, 7) is 3.86. The number of hydrogen-bond donors (Lipinski definition) is 2. The lowest BCUT2D eigenvalue weighted by Crippen LogP contribution is -2.31. The van der Waals surface area contributed by atoms with Crippen molar-refractivity contribution in [1.29, 1.82) is 0 Å². The van der Waals surface area contributed by atoms with Crippen LogP contribution in [0.1, 0.15) is 45.2 Å². The third kappa shape index (κ3) is 7.59. The number of aryl methyl sites for hydroxylation is 1. The molecule has 46 heavy (non-hydrogen) atoms. The number of esters is 1. The fourth-order valence-electron chi connectivity index (χ4n) is 4.78. The summed E-state index contributed by atoms with van der Waals surface area (Å²) < 4.78 is 4.99. The molecule has 4 aromatic carbocycles. The van der Waals surface area contributed by atoms with Gasteiger partial charge >= 0.3 is 5.97 Å². The summed E-state index contributed by atoms with van der Waals surface area (Å²) in [5.41, 5.74) is 3.31. The van der Waals surface area contributed by atoms with E-state index in [0.29, 0.717) is 27.4 Å². The number of amides is 4. The maximum absolute atomic E-state index is 13.5. The van der Waals surface area contributed by atoms with E-state index in [1.807, 2.05) is 31.2 Å². The minimum absolute atomic E-state index is 0.00541. The van der Waals surface area contributed by atoms with Crippen LogP contribution in [0.15, 0.2) is 114 Å². The minimum Gasteiger partial charge on any atom is -0.462 e. The molecule has 2 N–H and O–H groups in total. The summed E-state index contributed by atoms with van der Waals surface area (Å²) in [6.07, 6.45) is 1.62. The van der Waals surface area contributed by atoms with Gasteiger partial charge in [-0.05, 0) is 85.6 Å². The minimum atomic E-state index is -0.676. The molecule has 4 amide bonds. The van der Waals surface area contributed by atoms with Gasteiger partial charge in [-0.25, -0.2) is 9.69 Å². The van der Waals surface area contributed by atoms with Crippen LogP contribution < -0.4 is 15.5 Å². The third-order valence-electron chi connectivity index (χ3n) is 7.13. The fourth-order valence-corrected chi connectivity index (χ4v) is 5.90. The molecule has 1 saturated heterocycles. The second-order valence-electron chi connectivity index (χ2n) is 10.4. The number of carbonyl (C=O) groups excluding carboxylic acids is 5. The topological polar surface area (TPSA) is 122 Å². The lowest BCUT2D eigenvalue weighted by Gasteiger charge is -2.16. The molecule has 232 valence electrons. The quantitative estimate of drug-likeness (QED) is 0.125. The molecule has 0 radical (unpaired) electrons. The highest BCUT2D eigenvalue weighted by Crippen LogP contribution is 2.35. The Morgan fingerprint density at radius 3 is 2.33 bits per heavy atom. The zero-order valence-corrected chi connectivity index (χ0v) is 26.0. The normalized spacial score (nSPS) is 14.6. The summed E-state index contributed by atoms with van der Waals surface area (Å²) >= 11 is 1.22. The molecule has 1 unspecified atom stereocenters. The van der Waals surface area contributed by atoms with Crippen molar-refractivity contribution in [3.8, 4) is 0 Å². The van der Waals surface area contributed by atoms with Gasteiger partial charge in [0.25, 0.3) is 11.8 Å². The monoisotopic (exact) mass is 633 g/mol. The molecule has 1 atom stereocenters. The molecular weight excluding hydrogens is 602 g/mol. The molecular formula is C36H31N3O6S. The smallest absolute Gasteiger partial charge is 0.338 e. The van der Waals surface area contributed by atoms with E-state index in [0.717, 1.165) is 16.0 Å². The number of ether oxygens (including phenoxy) is 1. The van der Waals surface area contributed by atoms with Crippen molar-refractivity contribution in [1.82, 2.24) is 5.32 Å². The van der Waals surface area contributed by atoms with Gasteiger partial charge in [-0.3, -0.25) is 19.2 Å². The average Bonchev–Trinajstić information content (AvgIpc) is 3.34. The molecule has 0 saturated carbocycles. The van der Waals surface area contributed by atoms with Crippen LogP contribution in [0, 0.1) is 6.92 Å². The predicted molar refractivity (Wildman–Crippen MR) is 177 cm³/mol. The number of nitrogens with zero attached hydrogens (tertiary/aromatic N) is 1. The van der Waals surface area contributed by atoms with E-state index in [9.17, 15) is 24.0 Å². The van der Waals surface area contributed by atoms with Crippen molar-refractivity contribution < 1.29 is 28.7 Å². The molecule has 1 fully saturated rings. The lowest BCUT2D eigenvalue weighted by atomic mass is 10.1. The van der Waals surface area contributed by atoms with Gasteiger partial charge in [-0.15, -0.1) is 11.8 Å². The number of anilines is 2. The van der Waals surface area contributed by atoms with Gasteiger partial charge in [0.15, 0.2) is 0 Å². The Kier molecular flexibility index (Phi) is 10.1. The molecule has 1 aliphatic rings. The van der Waals surface area contributed by atoms with Crippen molar-refractivity contribution in [3.63, 3.8) is 0 Å². The van der Waals surface area contributed by atoms with Crippen LogP contribution in [0.25, 0.3) is 6.08 Å². The number of carbonyl (C=O) groups is 5. The van der Waals surface area contributed by atoms with Crippen LogP contribution >= 0.6 is 11.8 Å². The molecule has 1 aliphatic heterocycles. The number of hydrogen-bond acceptors (Lipinski definition) is 7. The second kappa shape index (κ2) is 14.5. The first-order valence-corrected chi connectivity index (χ1v) is 15.5. The first-order valence-electron chi connectivity index (χ1n) is 14.6. The van der Waals surface area contributed by atoms with Gasteiger partial charge < -0.3 is 15.4 Å². The van der Waals surface area contributed by atoms with Crippen molar-refractivity contribution in [3.05, 3.63) is 131 Å². The van der Waals surface area contributed by atoms with Gasteiger partial charge in [0, 0.05) is 22.6 Å². The van der Waals surface area contributed by atoms with Gasteiger partial charge in [0.2, 0.25) is 11.8 Å². The largest absolute Gasteiger partial charge is 0.462 e. The highest BCUT2D eigenvalue weighted by molar-refractivity contribution is 8.00. The van der Waals surface area contributed by atoms with Gasteiger partial charge in [0.05, 0.1) is 23.1 Å². The summed E-state index contributed by atoms with van der Waals surface area (Å²) in [4.78, 5) is 66.4. The molecule has 5 rings (SSSR count). The van der Waals surface area contributed by atoms with E-state index in [1.165, 1.54) is 23.9 Å². The van der Waals surface area contributed by atoms with Crippen LogP contribution in [-0.2, 0) is 19.1 Å². The Bertz CT molecular complexity index is 1820. The summed E-state index contributed by atoms with van der Waals surface area (Å²) in [5.74, 6) is -2.16. The number of thioether (sulfide) groups is 1. The van der Waals surface area contributed by atoms with E-state index in [4.69, 9.17) is 4.74 Å². The Morgan fingerprint density at radius 1 is 0.891 bits per heavy atom. The zero-order valence-electron chi connectivity index (χ0n) is 25.2. The van der Waals surface area contributed by atoms with E-state index in [1.54, 1.807) is 79.7 Å². The van der Waals surface area contributed by atoms with Crippen LogP contribution in [0.5, 0.6) is 0 Å². The number of nitrogens with one attached hydrogen (secondary N) is 2. The SMILES string of the molecule is CCOC(=O)c1ccc(N2C(=O)CC(Sc3cccc(NC(=O)C(=Cc4ccccc4C)NC(=O)c4ccccc4)c3)C2=O)cc1. The third-order valence-corrected chi connectivity index (χ3v) is 8.31. The number of benzene rings is 4. The number of imide groups is 1. The molecule has 9 nitrogen and oxygen atoms in total. The average molecular weight is 634 g/mol. The molecule has 0 bridgehead atoms. The van der Waals surface area contributed by atoms with Gasteiger partial charge in [0.1, 0.15) is 5.70 Å². The molecule has 1 heterocycles. The number of rotatable bonds is 10. The summed E-state index contributed by atoms with van der Waals surface area (Å²) in [7, 11) is 0. The molecule has 0 aliphatic carbocycles. The van der Waals surface area contributed by atoms with E-state index in [2.05, 4.69) is 10.6 Å². The molecule has 4 aromatic rings. The highest BCUT2D eigenvalue weighted by atomic mass is 32.2. The first kappa shape index (κ1) is 31.9. The Morgan fingerprint density at radius 2 is 1.61 bits per heavy atom. The van der Waals surface area contributed by atoms with E-state index < -0.39 is 23.0 Å². The standard InChI is InChI=1S/C36H31N3O6S/c1-3-45-36(44)25-16-18-28(19-17-25)39-32(40)22-31(35(39)43)46-29-15-9-14-27(21-29)37-34(42)30(20-26-13-8-7-10-23(26)2)38-33(41)24-11-5-4-6-12-24/h4-21,31H,3,22H2,1-2H3,(H,37,42)(H,38,41). The Hall–Kier alpha value is -5.48. The lowest BCUT2D eigenvalue weighted by molar-refractivity contribution is -0.121. The van der Waals surface area contributed by atoms with Crippen LogP contribution in [0.2, 0.25) is 0 Å². The van der Waals surface area contributed by atoms with Crippen LogP contribution in [-0.4, -0.2) is 41.5 Å². The van der Waals surface area contributed by atoms with Crippen molar-refractivity contribution >= 4 is 58.8 Å². The zero-order chi connectivity index (χ0) is 32.6. The van der Waals surface area contributed by atoms with Gasteiger partial charge in [-0.2, -0.15) is 0 Å². The maximum atomic E-state index is 13.5. The van der Waals surface area contributed by atoms with Crippen LogP contribution in [0.4, 0.5) is 11.4 Å². The van der Waals surface area contributed by atoms with E-state index >= 15 is 0 Å². The van der Waals surface area contributed by atoms with Crippen molar-refractivity contribution in [2.75, 3.05) is 16.8 Å². The van der Waals surface area contributed by atoms with E-state index in [-0.39, 0.29) is 30.5 Å². The van der Waals surface area contributed by atoms with Crippen molar-refractivity contribution in [2.45, 2.75) is 30.4 Å². The van der Waals surface area contributed by atoms with Crippen LogP contribution in [0.3, 0.4) is 0 Å². The summed E-state index contributed by atoms with van der Waals surface area (Å²) in [5, 5.41) is 4.91. The fraction of sp³-hybridized carbons (Fsp3) is 0.139. The van der Waals surface area contributed by atoms with Crippen molar-refractivity contribution in [2.24, 2.45) is 0 Å². The maximum Gasteiger partial charge on any atom is 0.338 e. The van der Waals surface area contributed by atoms with Gasteiger partial charge in [-0.1, -0.05) is 48.5 Å².